The lowest BCUT2D eigenvalue weighted by Crippen LogP contribution is -2.17. The van der Waals surface area contributed by atoms with Gasteiger partial charge in [-0.05, 0) is 35.9 Å². The summed E-state index contributed by atoms with van der Waals surface area (Å²) in [5, 5.41) is 0. The van der Waals surface area contributed by atoms with Crippen LogP contribution in [0.25, 0.3) is 17.1 Å². The Balaban J connectivity index is 1.67. The van der Waals surface area contributed by atoms with Crippen molar-refractivity contribution in [3.8, 4) is 17.1 Å². The molecule has 3 aromatic rings. The summed E-state index contributed by atoms with van der Waals surface area (Å²) in [5.41, 5.74) is 9.15. The number of fused-ring (bicyclic) bond motifs is 1. The standard InChI is InChI=1S/C24H19FN4O2/c25-18-9-8-16(12-19(18)26)22-14-29-23(20(27-22)11-15-5-2-1-3-6-15)28-21(24(29)30)13-17-7-4-10-31-17/h1-10,12,14,27H,11,13,26H2. The van der Waals surface area contributed by atoms with E-state index < -0.39 is 5.82 Å². The Morgan fingerprint density at radius 1 is 1.06 bits per heavy atom. The molecule has 0 amide bonds. The van der Waals surface area contributed by atoms with Gasteiger partial charge in [0.05, 0.1) is 29.8 Å². The molecule has 6 nitrogen and oxygen atoms in total. The Hall–Kier alpha value is -4.13. The van der Waals surface area contributed by atoms with Gasteiger partial charge in [-0.15, -0.1) is 0 Å². The molecule has 0 aliphatic carbocycles. The predicted octanol–water partition coefficient (Wildman–Crippen LogP) is 4.16. The monoisotopic (exact) mass is 414 g/mol. The third-order valence-corrected chi connectivity index (χ3v) is 5.20. The molecule has 0 saturated heterocycles. The van der Waals surface area contributed by atoms with Crippen molar-refractivity contribution < 1.29 is 8.81 Å². The van der Waals surface area contributed by atoms with Crippen LogP contribution in [-0.4, -0.2) is 14.5 Å². The van der Waals surface area contributed by atoms with Crippen molar-refractivity contribution in [3.63, 3.8) is 0 Å². The number of rotatable bonds is 5. The van der Waals surface area contributed by atoms with Crippen molar-refractivity contribution in [1.29, 1.82) is 0 Å². The minimum absolute atomic E-state index is 0.0436. The van der Waals surface area contributed by atoms with E-state index in [1.807, 2.05) is 36.4 Å². The van der Waals surface area contributed by atoms with Crippen LogP contribution in [0.1, 0.15) is 22.7 Å². The molecule has 2 aromatic carbocycles. The number of anilines is 1. The number of imidazole rings is 1. The number of halogens is 1. The highest BCUT2D eigenvalue weighted by atomic mass is 19.1. The molecule has 1 aromatic heterocycles. The zero-order chi connectivity index (χ0) is 21.4. The minimum Gasteiger partial charge on any atom is -0.469 e. The first kappa shape index (κ1) is 18.9. The van der Waals surface area contributed by atoms with Crippen molar-refractivity contribution in [3.05, 3.63) is 112 Å². The smallest absolute Gasteiger partial charge is 0.278 e. The highest BCUT2D eigenvalue weighted by molar-refractivity contribution is 5.65. The van der Waals surface area contributed by atoms with Gasteiger partial charge in [-0.3, -0.25) is 9.36 Å². The van der Waals surface area contributed by atoms with Gasteiger partial charge in [0.25, 0.3) is 5.56 Å². The fraction of sp³-hybridized carbons (Fsp3) is 0.0833. The van der Waals surface area contributed by atoms with Crippen LogP contribution in [0.2, 0.25) is 0 Å². The first-order valence-electron chi connectivity index (χ1n) is 9.83. The number of furan rings is 1. The third kappa shape index (κ3) is 3.61. The maximum atomic E-state index is 13.7. The molecule has 0 bridgehead atoms. The normalized spacial score (nSPS) is 11.3. The Morgan fingerprint density at radius 2 is 1.90 bits per heavy atom. The lowest BCUT2D eigenvalue weighted by atomic mass is 10.1. The minimum atomic E-state index is -0.484. The summed E-state index contributed by atoms with van der Waals surface area (Å²) in [6, 6.07) is 18.0. The molecular weight excluding hydrogens is 395 g/mol. The molecule has 3 N–H and O–H groups in total. The van der Waals surface area contributed by atoms with Gasteiger partial charge in [-0.1, -0.05) is 30.3 Å². The summed E-state index contributed by atoms with van der Waals surface area (Å²) in [5.74, 6) is 0.733. The molecule has 0 radical (unpaired) electrons. The maximum absolute atomic E-state index is 13.7. The van der Waals surface area contributed by atoms with Crippen LogP contribution in [0.3, 0.4) is 0 Å². The van der Waals surface area contributed by atoms with E-state index in [-0.39, 0.29) is 11.2 Å². The van der Waals surface area contributed by atoms with E-state index in [2.05, 4.69) is 9.97 Å². The van der Waals surface area contributed by atoms with Crippen LogP contribution in [-0.2, 0) is 12.8 Å². The molecule has 0 atom stereocenters. The van der Waals surface area contributed by atoms with Gasteiger partial charge in [0, 0.05) is 18.2 Å². The van der Waals surface area contributed by atoms with Gasteiger partial charge in [0.2, 0.25) is 0 Å². The first-order valence-corrected chi connectivity index (χ1v) is 9.83. The van der Waals surface area contributed by atoms with Gasteiger partial charge in [-0.2, -0.15) is 0 Å². The van der Waals surface area contributed by atoms with Gasteiger partial charge in [0.1, 0.15) is 17.3 Å². The van der Waals surface area contributed by atoms with Crippen LogP contribution >= 0.6 is 0 Å². The fourth-order valence-electron chi connectivity index (χ4n) is 3.65. The third-order valence-electron chi connectivity index (χ3n) is 5.20. The highest BCUT2D eigenvalue weighted by Crippen LogP contribution is 2.26. The predicted molar refractivity (Wildman–Crippen MR) is 116 cm³/mol. The van der Waals surface area contributed by atoms with Crippen LogP contribution in [0.4, 0.5) is 10.1 Å². The Kier molecular flexibility index (Phi) is 4.63. The summed E-state index contributed by atoms with van der Waals surface area (Å²) >= 11 is 0. The molecule has 31 heavy (non-hydrogen) atoms. The number of nitrogen functional groups attached to an aromatic ring is 1. The first-order chi connectivity index (χ1) is 15.1. The van der Waals surface area contributed by atoms with Crippen molar-refractivity contribution in [1.82, 2.24) is 14.5 Å². The average molecular weight is 414 g/mol. The number of hydrogen-bond acceptors (Lipinski definition) is 4. The highest BCUT2D eigenvalue weighted by Gasteiger charge is 2.21. The molecule has 5 rings (SSSR count). The number of aromatic nitrogens is 3. The molecular formula is C24H19FN4O2. The molecule has 2 aliphatic heterocycles. The van der Waals surface area contributed by atoms with E-state index in [4.69, 9.17) is 10.2 Å². The van der Waals surface area contributed by atoms with Crippen LogP contribution in [0, 0.1) is 5.82 Å². The van der Waals surface area contributed by atoms with Crippen molar-refractivity contribution in [2.75, 3.05) is 5.73 Å². The van der Waals surface area contributed by atoms with Gasteiger partial charge in [-0.25, -0.2) is 9.37 Å². The van der Waals surface area contributed by atoms with E-state index in [0.717, 1.165) is 11.3 Å². The Morgan fingerprint density at radius 3 is 2.65 bits per heavy atom. The number of benzene rings is 2. The summed E-state index contributed by atoms with van der Waals surface area (Å²) in [4.78, 5) is 21.1. The zero-order valence-corrected chi connectivity index (χ0v) is 16.5. The molecule has 0 unspecified atom stereocenters. The van der Waals surface area contributed by atoms with E-state index in [1.165, 1.54) is 10.6 Å². The van der Waals surface area contributed by atoms with Crippen LogP contribution in [0.5, 0.6) is 0 Å². The van der Waals surface area contributed by atoms with Gasteiger partial charge < -0.3 is 15.1 Å². The summed E-state index contributed by atoms with van der Waals surface area (Å²) < 4.78 is 20.6. The summed E-state index contributed by atoms with van der Waals surface area (Å²) in [7, 11) is 0. The SMILES string of the molecule is Nc1cc(-c2cn3c(=O)c(Cc4ccco4)nc-3c(Cc3ccccc3)[nH]2)ccc1F. The largest absolute Gasteiger partial charge is 0.469 e. The molecule has 0 fully saturated rings. The van der Waals surface area contributed by atoms with Crippen molar-refractivity contribution in [2.45, 2.75) is 12.8 Å². The van der Waals surface area contributed by atoms with Crippen molar-refractivity contribution >= 4 is 5.69 Å². The number of hydrogen-bond donors (Lipinski definition) is 2. The average Bonchev–Trinajstić information content (AvgIpc) is 3.40. The summed E-state index contributed by atoms with van der Waals surface area (Å²) in [6.45, 7) is 0. The van der Waals surface area contributed by atoms with E-state index in [9.17, 15) is 9.18 Å². The zero-order valence-electron chi connectivity index (χ0n) is 16.5. The fourth-order valence-corrected chi connectivity index (χ4v) is 3.65. The van der Waals surface area contributed by atoms with E-state index in [1.54, 1.807) is 30.7 Å². The molecule has 2 aliphatic rings. The van der Waals surface area contributed by atoms with Crippen molar-refractivity contribution in [2.24, 2.45) is 0 Å². The molecule has 0 spiro atoms. The van der Waals surface area contributed by atoms with Crippen LogP contribution < -0.4 is 11.3 Å². The Labute approximate surface area is 177 Å². The second-order valence-corrected chi connectivity index (χ2v) is 7.36. The second-order valence-electron chi connectivity index (χ2n) is 7.36. The number of nitrogens with two attached hydrogens (primary N) is 1. The van der Waals surface area contributed by atoms with Gasteiger partial charge >= 0.3 is 0 Å². The quantitative estimate of drug-likeness (QED) is 0.423. The topological polar surface area (TPSA) is 89.8 Å². The molecule has 3 heterocycles. The number of nitrogens with zero attached hydrogens (tertiary/aromatic N) is 2. The van der Waals surface area contributed by atoms with Crippen LogP contribution in [0.15, 0.2) is 82.3 Å². The number of aromatic amines is 1. The second kappa shape index (κ2) is 7.60. The lowest BCUT2D eigenvalue weighted by molar-refractivity contribution is 0.519. The number of H-pyrrole nitrogens is 1. The molecule has 0 saturated carbocycles. The van der Waals surface area contributed by atoms with Gasteiger partial charge in [0.15, 0.2) is 5.82 Å². The van der Waals surface area contributed by atoms with E-state index >= 15 is 0 Å². The Bertz CT molecular complexity index is 1370. The number of nitrogens with one attached hydrogen (secondary N) is 1. The summed E-state index contributed by atoms with van der Waals surface area (Å²) in [6.07, 6.45) is 4.10. The lowest BCUT2D eigenvalue weighted by Gasteiger charge is -2.13. The molecule has 154 valence electrons. The molecule has 7 heteroatoms. The maximum Gasteiger partial charge on any atom is 0.278 e. The van der Waals surface area contributed by atoms with E-state index in [0.29, 0.717) is 41.4 Å².